The summed E-state index contributed by atoms with van der Waals surface area (Å²) < 4.78 is 0. The molecule has 1 aliphatic rings. The van der Waals surface area contributed by atoms with E-state index in [1.165, 1.54) is 5.56 Å². The van der Waals surface area contributed by atoms with Crippen LogP contribution in [0.5, 0.6) is 0 Å². The summed E-state index contributed by atoms with van der Waals surface area (Å²) in [4.78, 5) is 19.7. The molecule has 132 valence electrons. The van der Waals surface area contributed by atoms with Gasteiger partial charge in [-0.3, -0.25) is 4.79 Å². The molecule has 2 heterocycles. The Morgan fingerprint density at radius 1 is 1.48 bits per heavy atom. The second-order valence-electron chi connectivity index (χ2n) is 7.81. The maximum atomic E-state index is 11.8. The molecule has 0 saturated heterocycles. The first-order chi connectivity index (χ1) is 11.8. The van der Waals surface area contributed by atoms with Crippen LogP contribution in [0.15, 0.2) is 6.07 Å². The van der Waals surface area contributed by atoms with Crippen molar-refractivity contribution >= 4 is 16.9 Å². The van der Waals surface area contributed by atoms with Crippen molar-refractivity contribution in [3.05, 3.63) is 28.6 Å². The Morgan fingerprint density at radius 3 is 2.88 bits per heavy atom. The Labute approximate surface area is 148 Å². The Kier molecular flexibility index (Phi) is 4.57. The van der Waals surface area contributed by atoms with Crippen LogP contribution >= 0.6 is 0 Å². The summed E-state index contributed by atoms with van der Waals surface area (Å²) in [6.07, 6.45) is 3.41. The van der Waals surface area contributed by atoms with E-state index in [1.54, 1.807) is 0 Å². The number of fused-ring (bicyclic) bond motifs is 2. The molecule has 0 aromatic carbocycles. The second kappa shape index (κ2) is 6.53. The van der Waals surface area contributed by atoms with Crippen molar-refractivity contribution in [3.8, 4) is 11.8 Å². The van der Waals surface area contributed by atoms with E-state index in [0.29, 0.717) is 29.1 Å². The van der Waals surface area contributed by atoms with Crippen LogP contribution in [0.4, 0.5) is 0 Å². The summed E-state index contributed by atoms with van der Waals surface area (Å²) in [5, 5.41) is 8.92. The summed E-state index contributed by atoms with van der Waals surface area (Å²) >= 11 is 0. The van der Waals surface area contributed by atoms with Gasteiger partial charge in [0.2, 0.25) is 0 Å². The minimum atomic E-state index is -0.545. The van der Waals surface area contributed by atoms with E-state index in [9.17, 15) is 4.79 Å². The number of aliphatic hydroxyl groups is 1. The zero-order valence-corrected chi connectivity index (χ0v) is 15.1. The summed E-state index contributed by atoms with van der Waals surface area (Å²) in [7, 11) is 0. The predicted molar refractivity (Wildman–Crippen MR) is 98.2 cm³/mol. The minimum Gasteiger partial charge on any atom is -0.395 e. The average molecular weight is 339 g/mol. The van der Waals surface area contributed by atoms with Crippen molar-refractivity contribution in [1.82, 2.24) is 9.97 Å². The standard InChI is InChI=1S/C20H25N3O2/c1-20(2,3)13-7-8-15-12(10-13)11-16-17(22-15)14(6-4-5-9-24)18(23-16)19(21)25/h11,13,23-24H,5,7-10H2,1-3H3,(H2,21,25). The Hall–Kier alpha value is -2.32. The van der Waals surface area contributed by atoms with Crippen LogP contribution < -0.4 is 5.73 Å². The number of nitrogens with one attached hydrogen (secondary N) is 1. The highest BCUT2D eigenvalue weighted by Gasteiger charge is 2.30. The first-order valence-electron chi connectivity index (χ1n) is 8.75. The molecule has 1 amide bonds. The topological polar surface area (TPSA) is 92.0 Å². The van der Waals surface area contributed by atoms with Crippen LogP contribution in [-0.4, -0.2) is 27.6 Å². The lowest BCUT2D eigenvalue weighted by atomic mass is 9.71. The van der Waals surface area contributed by atoms with Gasteiger partial charge in [0.25, 0.3) is 5.91 Å². The summed E-state index contributed by atoms with van der Waals surface area (Å²) in [5.41, 5.74) is 10.4. The number of aliphatic hydroxyl groups excluding tert-OH is 1. The molecule has 0 aliphatic heterocycles. The third-order valence-electron chi connectivity index (χ3n) is 5.05. The smallest absolute Gasteiger partial charge is 0.266 e. The third-order valence-corrected chi connectivity index (χ3v) is 5.05. The molecule has 0 spiro atoms. The van der Waals surface area contributed by atoms with E-state index in [1.807, 2.05) is 0 Å². The maximum absolute atomic E-state index is 11.8. The van der Waals surface area contributed by atoms with Gasteiger partial charge in [0, 0.05) is 12.1 Å². The molecule has 3 rings (SSSR count). The van der Waals surface area contributed by atoms with Gasteiger partial charge in [-0.1, -0.05) is 32.6 Å². The number of H-pyrrole nitrogens is 1. The lowest BCUT2D eigenvalue weighted by Crippen LogP contribution is -2.27. The molecule has 2 aromatic rings. The number of aromatic nitrogens is 2. The lowest BCUT2D eigenvalue weighted by molar-refractivity contribution is 0.0996. The fourth-order valence-corrected chi connectivity index (χ4v) is 3.52. The normalized spacial score (nSPS) is 17.0. The molecule has 4 N–H and O–H groups in total. The predicted octanol–water partition coefficient (Wildman–Crippen LogP) is 2.55. The molecule has 5 nitrogen and oxygen atoms in total. The zero-order chi connectivity index (χ0) is 18.2. The number of primary amides is 1. The Balaban J connectivity index is 2.09. The molecule has 0 bridgehead atoms. The van der Waals surface area contributed by atoms with E-state index >= 15 is 0 Å². The molecule has 1 atom stereocenters. The number of aryl methyl sites for hydroxylation is 1. The van der Waals surface area contributed by atoms with Crippen molar-refractivity contribution in [3.63, 3.8) is 0 Å². The fraction of sp³-hybridized carbons (Fsp3) is 0.500. The number of amides is 1. The van der Waals surface area contributed by atoms with Crippen molar-refractivity contribution < 1.29 is 9.90 Å². The summed E-state index contributed by atoms with van der Waals surface area (Å²) in [6.45, 7) is 6.83. The highest BCUT2D eigenvalue weighted by molar-refractivity contribution is 6.01. The maximum Gasteiger partial charge on any atom is 0.266 e. The third kappa shape index (κ3) is 3.40. The van der Waals surface area contributed by atoms with E-state index in [0.717, 1.165) is 30.5 Å². The first kappa shape index (κ1) is 17.5. The number of pyridine rings is 1. The van der Waals surface area contributed by atoms with E-state index in [2.05, 4.69) is 43.7 Å². The number of rotatable bonds is 2. The van der Waals surface area contributed by atoms with Crippen LogP contribution in [0.1, 0.15) is 60.9 Å². The lowest BCUT2D eigenvalue weighted by Gasteiger charge is -2.34. The largest absolute Gasteiger partial charge is 0.395 e. The highest BCUT2D eigenvalue weighted by atomic mass is 16.2. The van der Waals surface area contributed by atoms with Crippen molar-refractivity contribution in [1.29, 1.82) is 0 Å². The van der Waals surface area contributed by atoms with Gasteiger partial charge in [-0.05, 0) is 42.2 Å². The molecule has 0 fully saturated rings. The van der Waals surface area contributed by atoms with Crippen molar-refractivity contribution in [2.75, 3.05) is 6.61 Å². The van der Waals surface area contributed by atoms with E-state index < -0.39 is 5.91 Å². The monoisotopic (exact) mass is 339 g/mol. The average Bonchev–Trinajstić information content (AvgIpc) is 2.89. The molecule has 5 heteroatoms. The molecular weight excluding hydrogens is 314 g/mol. The molecule has 1 aliphatic carbocycles. The van der Waals surface area contributed by atoms with Gasteiger partial charge in [0.15, 0.2) is 0 Å². The van der Waals surface area contributed by atoms with E-state index in [-0.39, 0.29) is 12.0 Å². The van der Waals surface area contributed by atoms with Crippen LogP contribution in [0.3, 0.4) is 0 Å². The SMILES string of the molecule is CC(C)(C)C1CCc2nc3c(C#CCCO)c(C(N)=O)[nH]c3cc2C1. The van der Waals surface area contributed by atoms with Gasteiger partial charge in [0.05, 0.1) is 17.7 Å². The molecule has 2 aromatic heterocycles. The zero-order valence-electron chi connectivity index (χ0n) is 15.1. The van der Waals surface area contributed by atoms with Gasteiger partial charge >= 0.3 is 0 Å². The first-order valence-corrected chi connectivity index (χ1v) is 8.75. The van der Waals surface area contributed by atoms with Gasteiger partial charge in [-0.15, -0.1) is 0 Å². The molecular formula is C20H25N3O2. The molecule has 0 radical (unpaired) electrons. The van der Waals surface area contributed by atoms with Gasteiger partial charge < -0.3 is 15.8 Å². The summed E-state index contributed by atoms with van der Waals surface area (Å²) in [5.74, 6) is 5.89. The van der Waals surface area contributed by atoms with Crippen LogP contribution in [0.2, 0.25) is 0 Å². The van der Waals surface area contributed by atoms with Gasteiger partial charge in [0.1, 0.15) is 11.2 Å². The number of carbonyl (C=O) groups is 1. The van der Waals surface area contributed by atoms with Crippen LogP contribution in [-0.2, 0) is 12.8 Å². The number of carbonyl (C=O) groups excluding carboxylic acids is 1. The number of hydrogen-bond acceptors (Lipinski definition) is 3. The number of aromatic amines is 1. The number of nitrogens with two attached hydrogens (primary N) is 1. The van der Waals surface area contributed by atoms with Crippen LogP contribution in [0, 0.1) is 23.2 Å². The number of nitrogens with zero attached hydrogens (tertiary/aromatic N) is 1. The van der Waals surface area contributed by atoms with Crippen molar-refractivity contribution in [2.24, 2.45) is 17.1 Å². The van der Waals surface area contributed by atoms with E-state index in [4.69, 9.17) is 15.8 Å². The highest BCUT2D eigenvalue weighted by Crippen LogP contribution is 2.37. The van der Waals surface area contributed by atoms with Crippen molar-refractivity contribution in [2.45, 2.75) is 46.5 Å². The Morgan fingerprint density at radius 2 is 2.24 bits per heavy atom. The molecule has 25 heavy (non-hydrogen) atoms. The number of hydrogen-bond donors (Lipinski definition) is 3. The molecule has 0 saturated carbocycles. The van der Waals surface area contributed by atoms with Crippen LogP contribution in [0.25, 0.3) is 11.0 Å². The molecule has 1 unspecified atom stereocenters. The quantitative estimate of drug-likeness (QED) is 0.734. The minimum absolute atomic E-state index is 0.0156. The Bertz CT molecular complexity index is 878. The van der Waals surface area contributed by atoms with Gasteiger partial charge in [-0.25, -0.2) is 4.98 Å². The van der Waals surface area contributed by atoms with Gasteiger partial charge in [-0.2, -0.15) is 0 Å². The fourth-order valence-electron chi connectivity index (χ4n) is 3.52. The second-order valence-corrected chi connectivity index (χ2v) is 7.81. The summed E-state index contributed by atoms with van der Waals surface area (Å²) in [6, 6.07) is 2.10.